The molecule has 3 heterocycles. The van der Waals surface area contributed by atoms with E-state index in [-0.39, 0.29) is 16.1 Å². The van der Waals surface area contributed by atoms with E-state index in [0.29, 0.717) is 5.56 Å². The molecule has 90 valence electrons. The van der Waals surface area contributed by atoms with Gasteiger partial charge in [-0.2, -0.15) is 5.10 Å². The van der Waals surface area contributed by atoms with Gasteiger partial charge in [-0.05, 0) is 12.1 Å². The normalized spacial score (nSPS) is 11.1. The third kappa shape index (κ3) is 1.72. The van der Waals surface area contributed by atoms with Crippen LogP contribution in [0.1, 0.15) is 0 Å². The maximum absolute atomic E-state index is 13.3. The molecule has 0 atom stereocenters. The number of nitrogens with zero attached hydrogens (tertiary/aromatic N) is 4. The molecule has 0 aliphatic carbocycles. The van der Waals surface area contributed by atoms with Crippen molar-refractivity contribution in [2.75, 3.05) is 0 Å². The summed E-state index contributed by atoms with van der Waals surface area (Å²) in [6, 6.07) is 5.54. The first-order chi connectivity index (χ1) is 8.66. The number of pyridine rings is 1. The van der Waals surface area contributed by atoms with Gasteiger partial charge in [0.05, 0.1) is 17.3 Å². The van der Waals surface area contributed by atoms with Crippen LogP contribution in [0, 0.1) is 5.82 Å². The number of rotatable bonds is 1. The highest BCUT2D eigenvalue weighted by molar-refractivity contribution is 6.33. The van der Waals surface area contributed by atoms with Crippen molar-refractivity contribution in [3.63, 3.8) is 0 Å². The largest absolute Gasteiger partial charge is 0.240 e. The van der Waals surface area contributed by atoms with Gasteiger partial charge in [-0.1, -0.05) is 29.3 Å². The van der Waals surface area contributed by atoms with Gasteiger partial charge < -0.3 is 0 Å². The molecule has 0 aromatic carbocycles. The van der Waals surface area contributed by atoms with Gasteiger partial charge in [0, 0.05) is 6.20 Å². The molecule has 3 rings (SSSR count). The molecule has 0 radical (unpaired) electrons. The molecule has 0 aliphatic rings. The fourth-order valence-corrected chi connectivity index (χ4v) is 2.01. The molecule has 0 saturated heterocycles. The predicted octanol–water partition coefficient (Wildman–Crippen LogP) is 3.24. The van der Waals surface area contributed by atoms with Crippen molar-refractivity contribution in [2.45, 2.75) is 0 Å². The summed E-state index contributed by atoms with van der Waals surface area (Å²) in [5, 5.41) is 3.52. The highest BCUT2D eigenvalue weighted by atomic mass is 35.5. The molecule has 7 heteroatoms. The van der Waals surface area contributed by atoms with E-state index in [2.05, 4.69) is 15.1 Å². The topological polar surface area (TPSA) is 43.1 Å². The lowest BCUT2D eigenvalue weighted by Gasteiger charge is -2.01. The number of hydrogen-bond acceptors (Lipinski definition) is 3. The van der Waals surface area contributed by atoms with Crippen LogP contribution in [0.25, 0.3) is 16.9 Å². The lowest BCUT2D eigenvalue weighted by Crippen LogP contribution is -1.94. The molecule has 4 nitrogen and oxygen atoms in total. The Morgan fingerprint density at radius 3 is 2.56 bits per heavy atom. The Morgan fingerprint density at radius 2 is 1.83 bits per heavy atom. The lowest BCUT2D eigenvalue weighted by molar-refractivity contribution is 0.615. The summed E-state index contributed by atoms with van der Waals surface area (Å²) in [6.07, 6.45) is 3.36. The maximum atomic E-state index is 13.3. The minimum atomic E-state index is -0.821. The van der Waals surface area contributed by atoms with Crippen LogP contribution in [0.4, 0.5) is 4.39 Å². The van der Waals surface area contributed by atoms with Gasteiger partial charge in [0.15, 0.2) is 21.9 Å². The summed E-state index contributed by atoms with van der Waals surface area (Å²) in [4.78, 5) is 7.74. The van der Waals surface area contributed by atoms with Crippen molar-refractivity contribution in [3.8, 4) is 11.4 Å². The van der Waals surface area contributed by atoms with E-state index in [1.165, 1.54) is 0 Å². The zero-order valence-electron chi connectivity index (χ0n) is 8.81. The Kier molecular flexibility index (Phi) is 2.65. The molecular formula is C11H5Cl2FN4. The number of fused-ring (bicyclic) bond motifs is 1. The van der Waals surface area contributed by atoms with Gasteiger partial charge in [-0.3, -0.25) is 0 Å². The van der Waals surface area contributed by atoms with E-state index < -0.39 is 5.82 Å². The van der Waals surface area contributed by atoms with E-state index in [1.807, 2.05) is 18.2 Å². The summed E-state index contributed by atoms with van der Waals surface area (Å²) in [5.74, 6) is -0.578. The Balaban J connectivity index is 2.26. The number of hydrogen-bond donors (Lipinski definition) is 0. The molecule has 0 aliphatic heterocycles. The van der Waals surface area contributed by atoms with E-state index in [9.17, 15) is 4.39 Å². The van der Waals surface area contributed by atoms with Crippen LogP contribution in [-0.4, -0.2) is 19.6 Å². The third-order valence-electron chi connectivity index (χ3n) is 2.44. The molecule has 18 heavy (non-hydrogen) atoms. The average molecular weight is 283 g/mol. The third-order valence-corrected chi connectivity index (χ3v) is 2.94. The molecule has 0 N–H and O–H groups in total. The highest BCUT2D eigenvalue weighted by Crippen LogP contribution is 2.26. The van der Waals surface area contributed by atoms with Crippen LogP contribution in [0.15, 0.2) is 30.6 Å². The second-order valence-electron chi connectivity index (χ2n) is 3.53. The van der Waals surface area contributed by atoms with Crippen LogP contribution in [0.3, 0.4) is 0 Å². The standard InChI is InChI=1S/C11H5Cl2FN4/c12-9-8(14)10(13)17-11(16-9)6-5-15-18-4-2-1-3-7(6)18/h1-5H. The van der Waals surface area contributed by atoms with Crippen molar-refractivity contribution < 1.29 is 4.39 Å². The molecular weight excluding hydrogens is 278 g/mol. The second-order valence-corrected chi connectivity index (χ2v) is 4.25. The van der Waals surface area contributed by atoms with Crippen LogP contribution in [0.2, 0.25) is 10.3 Å². The van der Waals surface area contributed by atoms with E-state index in [4.69, 9.17) is 23.2 Å². The van der Waals surface area contributed by atoms with Crippen molar-refractivity contribution in [1.29, 1.82) is 0 Å². The first kappa shape index (κ1) is 11.4. The fourth-order valence-electron chi connectivity index (χ4n) is 1.62. The quantitative estimate of drug-likeness (QED) is 0.644. The van der Waals surface area contributed by atoms with Crippen molar-refractivity contribution in [2.24, 2.45) is 0 Å². The van der Waals surface area contributed by atoms with Gasteiger partial charge in [0.2, 0.25) is 0 Å². The SMILES string of the molecule is Fc1c(Cl)nc(-c2cnn3ccccc23)nc1Cl. The maximum Gasteiger partial charge on any atom is 0.197 e. The van der Waals surface area contributed by atoms with Crippen LogP contribution < -0.4 is 0 Å². The Morgan fingerprint density at radius 1 is 1.11 bits per heavy atom. The lowest BCUT2D eigenvalue weighted by atomic mass is 10.2. The Bertz CT molecular complexity index is 718. The molecule has 0 spiro atoms. The molecule has 3 aromatic rings. The highest BCUT2D eigenvalue weighted by Gasteiger charge is 2.15. The zero-order valence-corrected chi connectivity index (χ0v) is 10.3. The van der Waals surface area contributed by atoms with Gasteiger partial charge >= 0.3 is 0 Å². The number of halogens is 3. The Hall–Kier alpha value is -1.72. The summed E-state index contributed by atoms with van der Waals surface area (Å²) in [6.45, 7) is 0. The molecule has 0 fully saturated rings. The Labute approximate surface area is 111 Å². The van der Waals surface area contributed by atoms with Crippen molar-refractivity contribution >= 4 is 28.7 Å². The first-order valence-corrected chi connectivity index (χ1v) is 5.73. The average Bonchev–Trinajstić information content (AvgIpc) is 2.79. The summed E-state index contributed by atoms with van der Waals surface area (Å²) in [5.41, 5.74) is 1.43. The molecule has 0 unspecified atom stereocenters. The summed E-state index contributed by atoms with van der Waals surface area (Å²) in [7, 11) is 0. The zero-order chi connectivity index (χ0) is 12.7. The predicted molar refractivity (Wildman–Crippen MR) is 66.2 cm³/mol. The smallest absolute Gasteiger partial charge is 0.197 e. The molecule has 0 bridgehead atoms. The van der Waals surface area contributed by atoms with Crippen LogP contribution in [0.5, 0.6) is 0 Å². The molecule has 0 saturated carbocycles. The first-order valence-electron chi connectivity index (χ1n) is 4.98. The van der Waals surface area contributed by atoms with E-state index in [1.54, 1.807) is 16.9 Å². The monoisotopic (exact) mass is 282 g/mol. The van der Waals surface area contributed by atoms with Crippen LogP contribution >= 0.6 is 23.2 Å². The fraction of sp³-hybridized carbons (Fsp3) is 0. The van der Waals surface area contributed by atoms with Gasteiger partial charge in [0.1, 0.15) is 0 Å². The molecule has 3 aromatic heterocycles. The minimum absolute atomic E-state index is 0.243. The van der Waals surface area contributed by atoms with E-state index in [0.717, 1.165) is 5.52 Å². The van der Waals surface area contributed by atoms with Crippen LogP contribution in [-0.2, 0) is 0 Å². The van der Waals surface area contributed by atoms with Crippen molar-refractivity contribution in [3.05, 3.63) is 46.7 Å². The van der Waals surface area contributed by atoms with Gasteiger partial charge in [-0.25, -0.2) is 18.9 Å². The van der Waals surface area contributed by atoms with Crippen molar-refractivity contribution in [1.82, 2.24) is 19.6 Å². The second kappa shape index (κ2) is 4.19. The van der Waals surface area contributed by atoms with E-state index >= 15 is 0 Å². The number of aromatic nitrogens is 4. The summed E-state index contributed by atoms with van der Waals surface area (Å²) >= 11 is 11.3. The van der Waals surface area contributed by atoms with Gasteiger partial charge in [-0.15, -0.1) is 0 Å². The minimum Gasteiger partial charge on any atom is -0.240 e. The van der Waals surface area contributed by atoms with Gasteiger partial charge in [0.25, 0.3) is 0 Å². The summed E-state index contributed by atoms with van der Waals surface area (Å²) < 4.78 is 14.9. The molecule has 0 amide bonds.